The summed E-state index contributed by atoms with van der Waals surface area (Å²) in [5.74, 6) is 0.666. The SMILES string of the molecule is CCOCCCNCc1ccc(-c2ccc(C(=O)O)cc2)o1.Cl. The Labute approximate surface area is 142 Å². The van der Waals surface area contributed by atoms with Gasteiger partial charge in [-0.25, -0.2) is 4.79 Å². The number of aromatic carboxylic acids is 1. The van der Waals surface area contributed by atoms with Crippen molar-refractivity contribution < 1.29 is 19.1 Å². The second-order valence-corrected chi connectivity index (χ2v) is 4.88. The average molecular weight is 340 g/mol. The van der Waals surface area contributed by atoms with Gasteiger partial charge in [0.15, 0.2) is 0 Å². The molecule has 2 rings (SSSR count). The van der Waals surface area contributed by atoms with Crippen molar-refractivity contribution in [2.45, 2.75) is 19.9 Å². The molecule has 0 atom stereocenters. The van der Waals surface area contributed by atoms with Gasteiger partial charge in [-0.3, -0.25) is 0 Å². The molecule has 5 nitrogen and oxygen atoms in total. The van der Waals surface area contributed by atoms with Crippen LogP contribution in [0.15, 0.2) is 40.8 Å². The number of furan rings is 1. The molecule has 2 N–H and O–H groups in total. The van der Waals surface area contributed by atoms with Crippen molar-refractivity contribution in [3.8, 4) is 11.3 Å². The first-order valence-electron chi connectivity index (χ1n) is 7.41. The minimum absolute atomic E-state index is 0. The third-order valence-electron chi connectivity index (χ3n) is 3.22. The number of ether oxygens (including phenoxy) is 1. The van der Waals surface area contributed by atoms with Crippen molar-refractivity contribution >= 4 is 18.4 Å². The summed E-state index contributed by atoms with van der Waals surface area (Å²) in [6, 6.07) is 10.5. The molecule has 1 aromatic carbocycles. The number of hydrogen-bond donors (Lipinski definition) is 2. The number of rotatable bonds is 9. The topological polar surface area (TPSA) is 71.7 Å². The largest absolute Gasteiger partial charge is 0.478 e. The van der Waals surface area contributed by atoms with Crippen LogP contribution in [0.4, 0.5) is 0 Å². The van der Waals surface area contributed by atoms with Crippen molar-refractivity contribution in [3.63, 3.8) is 0 Å². The van der Waals surface area contributed by atoms with Gasteiger partial charge in [0.2, 0.25) is 0 Å². The lowest BCUT2D eigenvalue weighted by atomic mass is 10.1. The van der Waals surface area contributed by atoms with Gasteiger partial charge in [0.25, 0.3) is 0 Å². The molecule has 6 heteroatoms. The molecule has 0 radical (unpaired) electrons. The fourth-order valence-corrected chi connectivity index (χ4v) is 2.06. The Morgan fingerprint density at radius 3 is 2.61 bits per heavy atom. The molecule has 0 saturated heterocycles. The molecule has 0 fully saturated rings. The lowest BCUT2D eigenvalue weighted by Crippen LogP contribution is -2.15. The molecule has 1 heterocycles. The molecule has 0 aliphatic carbocycles. The quantitative estimate of drug-likeness (QED) is 0.683. The fourth-order valence-electron chi connectivity index (χ4n) is 2.06. The zero-order valence-corrected chi connectivity index (χ0v) is 13.9. The van der Waals surface area contributed by atoms with Crippen LogP contribution in [0.25, 0.3) is 11.3 Å². The predicted octanol–water partition coefficient (Wildman–Crippen LogP) is 3.58. The zero-order chi connectivity index (χ0) is 15.8. The number of hydrogen-bond acceptors (Lipinski definition) is 4. The second kappa shape index (κ2) is 10.0. The van der Waals surface area contributed by atoms with E-state index in [-0.39, 0.29) is 18.0 Å². The molecule has 0 spiro atoms. The Morgan fingerprint density at radius 1 is 1.22 bits per heavy atom. The zero-order valence-electron chi connectivity index (χ0n) is 13.1. The monoisotopic (exact) mass is 339 g/mol. The van der Waals surface area contributed by atoms with E-state index in [4.69, 9.17) is 14.3 Å². The van der Waals surface area contributed by atoms with E-state index >= 15 is 0 Å². The van der Waals surface area contributed by atoms with E-state index in [2.05, 4.69) is 5.32 Å². The highest BCUT2D eigenvalue weighted by atomic mass is 35.5. The number of carboxylic acids is 1. The van der Waals surface area contributed by atoms with E-state index < -0.39 is 5.97 Å². The highest BCUT2D eigenvalue weighted by Crippen LogP contribution is 2.22. The first kappa shape index (κ1) is 19.2. The predicted molar refractivity (Wildman–Crippen MR) is 91.2 cm³/mol. The van der Waals surface area contributed by atoms with Gasteiger partial charge in [0.1, 0.15) is 11.5 Å². The minimum Gasteiger partial charge on any atom is -0.478 e. The standard InChI is InChI=1S/C17H21NO4.ClH/c1-2-21-11-3-10-18-12-15-8-9-16(22-15)13-4-6-14(7-5-13)17(19)20;/h4-9,18H,2-3,10-12H2,1H3,(H,19,20);1H. The van der Waals surface area contributed by atoms with Crippen LogP contribution >= 0.6 is 12.4 Å². The van der Waals surface area contributed by atoms with Crippen LogP contribution in [0.3, 0.4) is 0 Å². The first-order chi connectivity index (χ1) is 10.7. The molecule has 2 aromatic rings. The summed E-state index contributed by atoms with van der Waals surface area (Å²) in [7, 11) is 0. The molecular weight excluding hydrogens is 318 g/mol. The maximum atomic E-state index is 10.8. The smallest absolute Gasteiger partial charge is 0.335 e. The third-order valence-corrected chi connectivity index (χ3v) is 3.22. The van der Waals surface area contributed by atoms with Crippen molar-refractivity contribution in [1.29, 1.82) is 0 Å². The average Bonchev–Trinajstić information content (AvgIpc) is 3.00. The van der Waals surface area contributed by atoms with E-state index in [0.29, 0.717) is 6.54 Å². The molecule has 0 saturated carbocycles. The van der Waals surface area contributed by atoms with Crippen LogP contribution in [0.1, 0.15) is 29.5 Å². The minimum atomic E-state index is -0.928. The van der Waals surface area contributed by atoms with Gasteiger partial charge >= 0.3 is 5.97 Å². The Bertz CT molecular complexity index is 595. The summed E-state index contributed by atoms with van der Waals surface area (Å²) in [5.41, 5.74) is 1.14. The Balaban J connectivity index is 0.00000264. The molecule has 0 bridgehead atoms. The summed E-state index contributed by atoms with van der Waals surface area (Å²) in [6.45, 7) is 5.05. The highest BCUT2D eigenvalue weighted by molar-refractivity contribution is 5.88. The second-order valence-electron chi connectivity index (χ2n) is 4.88. The van der Waals surface area contributed by atoms with Crippen LogP contribution in [-0.4, -0.2) is 30.8 Å². The van der Waals surface area contributed by atoms with Crippen LogP contribution in [0.5, 0.6) is 0 Å². The van der Waals surface area contributed by atoms with Gasteiger partial charge in [-0.2, -0.15) is 0 Å². The highest BCUT2D eigenvalue weighted by Gasteiger charge is 2.07. The fraction of sp³-hybridized carbons (Fsp3) is 0.353. The van der Waals surface area contributed by atoms with Crippen LogP contribution in [0.2, 0.25) is 0 Å². The van der Waals surface area contributed by atoms with Crippen molar-refractivity contribution in [2.24, 2.45) is 0 Å². The van der Waals surface area contributed by atoms with Crippen molar-refractivity contribution in [2.75, 3.05) is 19.8 Å². The first-order valence-corrected chi connectivity index (χ1v) is 7.41. The third kappa shape index (κ3) is 6.06. The van der Waals surface area contributed by atoms with Gasteiger partial charge in [0, 0.05) is 18.8 Å². The van der Waals surface area contributed by atoms with Gasteiger partial charge in [-0.15, -0.1) is 12.4 Å². The maximum Gasteiger partial charge on any atom is 0.335 e. The molecule has 0 aliphatic heterocycles. The van der Waals surface area contributed by atoms with Crippen LogP contribution in [-0.2, 0) is 11.3 Å². The number of benzene rings is 1. The van der Waals surface area contributed by atoms with Gasteiger partial charge in [0.05, 0.1) is 12.1 Å². The Hall–Kier alpha value is -1.82. The Kier molecular flexibility index (Phi) is 8.40. The molecular formula is C17H22ClNO4. The van der Waals surface area contributed by atoms with Crippen LogP contribution < -0.4 is 5.32 Å². The normalized spacial score (nSPS) is 10.3. The lowest BCUT2D eigenvalue weighted by Gasteiger charge is -2.03. The molecule has 0 unspecified atom stereocenters. The number of nitrogens with one attached hydrogen (secondary N) is 1. The summed E-state index contributed by atoms with van der Waals surface area (Å²) >= 11 is 0. The van der Waals surface area contributed by atoms with Gasteiger partial charge in [-0.05, 0) is 44.2 Å². The summed E-state index contributed by atoms with van der Waals surface area (Å²) in [5, 5.41) is 12.2. The number of halogens is 1. The summed E-state index contributed by atoms with van der Waals surface area (Å²) in [6.07, 6.45) is 0.970. The summed E-state index contributed by atoms with van der Waals surface area (Å²) in [4.78, 5) is 10.8. The van der Waals surface area contributed by atoms with Gasteiger partial charge in [-0.1, -0.05) is 12.1 Å². The molecule has 23 heavy (non-hydrogen) atoms. The summed E-state index contributed by atoms with van der Waals surface area (Å²) < 4.78 is 11.0. The number of carbonyl (C=O) groups is 1. The maximum absolute atomic E-state index is 10.8. The van der Waals surface area contributed by atoms with Crippen LogP contribution in [0, 0.1) is 0 Å². The number of carboxylic acid groups (broad SMARTS) is 1. The Morgan fingerprint density at radius 2 is 1.96 bits per heavy atom. The lowest BCUT2D eigenvalue weighted by molar-refractivity contribution is 0.0697. The van der Waals surface area contributed by atoms with Crippen molar-refractivity contribution in [3.05, 3.63) is 47.7 Å². The molecule has 0 amide bonds. The van der Waals surface area contributed by atoms with E-state index in [1.807, 2.05) is 19.1 Å². The molecule has 0 aliphatic rings. The van der Waals surface area contributed by atoms with Crippen molar-refractivity contribution in [1.82, 2.24) is 5.32 Å². The molecule has 1 aromatic heterocycles. The van der Waals surface area contributed by atoms with E-state index in [1.165, 1.54) is 0 Å². The van der Waals surface area contributed by atoms with E-state index in [1.54, 1.807) is 24.3 Å². The van der Waals surface area contributed by atoms with E-state index in [9.17, 15) is 4.79 Å². The van der Waals surface area contributed by atoms with E-state index in [0.717, 1.165) is 43.3 Å². The molecule has 126 valence electrons. The van der Waals surface area contributed by atoms with Gasteiger partial charge < -0.3 is 19.6 Å².